The van der Waals surface area contributed by atoms with Crippen LogP contribution in [0.25, 0.3) is 0 Å². The normalized spacial score (nSPS) is 12.5. The number of hydrogen-bond donors (Lipinski definition) is 0. The van der Waals surface area contributed by atoms with Crippen LogP contribution in [0.3, 0.4) is 0 Å². The van der Waals surface area contributed by atoms with Crippen molar-refractivity contribution < 1.29 is 28.6 Å². The van der Waals surface area contributed by atoms with Crippen LogP contribution in [-0.4, -0.2) is 37.2 Å². The van der Waals surface area contributed by atoms with Gasteiger partial charge in [-0.15, -0.1) is 0 Å². The first-order chi connectivity index (χ1) is 30.0. The summed E-state index contributed by atoms with van der Waals surface area (Å²) in [4.78, 5) is 37.8. The van der Waals surface area contributed by atoms with Crippen LogP contribution in [0.1, 0.15) is 252 Å². The highest BCUT2D eigenvalue weighted by Crippen LogP contribution is 2.16. The summed E-state index contributed by atoms with van der Waals surface area (Å²) in [6.07, 6.45) is 60.9. The van der Waals surface area contributed by atoms with Gasteiger partial charge in [-0.1, -0.05) is 248 Å². The molecule has 0 aliphatic carbocycles. The zero-order chi connectivity index (χ0) is 44.4. The molecular formula is C55H96O6. The first kappa shape index (κ1) is 58.1. The number of esters is 3. The zero-order valence-electron chi connectivity index (χ0n) is 40.2. The van der Waals surface area contributed by atoms with Gasteiger partial charge in [-0.25, -0.2) is 0 Å². The predicted molar refractivity (Wildman–Crippen MR) is 261 cm³/mol. The molecule has 0 saturated carbocycles. The molecule has 352 valence electrons. The number of unbranched alkanes of at least 4 members (excludes halogenated alkanes) is 26. The van der Waals surface area contributed by atoms with Crippen molar-refractivity contribution in [3.05, 3.63) is 60.8 Å². The summed E-state index contributed by atoms with van der Waals surface area (Å²) >= 11 is 0. The van der Waals surface area contributed by atoms with Crippen molar-refractivity contribution in [3.63, 3.8) is 0 Å². The molecule has 0 bridgehead atoms. The number of ether oxygens (including phenoxy) is 3. The van der Waals surface area contributed by atoms with E-state index >= 15 is 0 Å². The van der Waals surface area contributed by atoms with E-state index in [0.717, 1.165) is 70.6 Å². The fraction of sp³-hybridized carbons (Fsp3) is 0.764. The Hall–Kier alpha value is -2.89. The second-order valence-electron chi connectivity index (χ2n) is 17.1. The number of hydrogen-bond acceptors (Lipinski definition) is 6. The van der Waals surface area contributed by atoms with Crippen LogP contribution in [0.15, 0.2) is 60.8 Å². The smallest absolute Gasteiger partial charge is 0.310 e. The van der Waals surface area contributed by atoms with Gasteiger partial charge in [0.05, 0.1) is 6.42 Å². The van der Waals surface area contributed by atoms with Gasteiger partial charge in [0, 0.05) is 12.8 Å². The van der Waals surface area contributed by atoms with Crippen molar-refractivity contribution >= 4 is 17.9 Å². The second-order valence-corrected chi connectivity index (χ2v) is 17.1. The summed E-state index contributed by atoms with van der Waals surface area (Å²) in [7, 11) is 0. The van der Waals surface area contributed by atoms with E-state index in [4.69, 9.17) is 14.2 Å². The molecule has 0 radical (unpaired) electrons. The lowest BCUT2D eigenvalue weighted by Gasteiger charge is -2.18. The SMILES string of the molecule is CC/C=C\C/C=C\C/C=C\C/C=C\C/C=C\CC(=O)OC(COC(=O)CCCCCCCCCCCC)COC(=O)CCCCCCCCCCCCCCCCCCCC. The third-order valence-corrected chi connectivity index (χ3v) is 11.1. The van der Waals surface area contributed by atoms with Gasteiger partial charge in [-0.05, 0) is 44.9 Å². The quantitative estimate of drug-likeness (QED) is 0.0263. The van der Waals surface area contributed by atoms with Crippen molar-refractivity contribution in [2.75, 3.05) is 13.2 Å². The molecule has 0 aromatic rings. The molecule has 0 spiro atoms. The Morgan fingerprint density at radius 1 is 0.344 bits per heavy atom. The Morgan fingerprint density at radius 2 is 0.623 bits per heavy atom. The predicted octanol–water partition coefficient (Wildman–Crippen LogP) is 16.9. The van der Waals surface area contributed by atoms with Gasteiger partial charge in [0.25, 0.3) is 0 Å². The van der Waals surface area contributed by atoms with E-state index in [1.807, 2.05) is 6.08 Å². The van der Waals surface area contributed by atoms with E-state index in [-0.39, 0.29) is 31.6 Å². The molecule has 0 aliphatic rings. The van der Waals surface area contributed by atoms with Crippen LogP contribution in [0, 0.1) is 0 Å². The highest BCUT2D eigenvalue weighted by Gasteiger charge is 2.19. The highest BCUT2D eigenvalue weighted by atomic mass is 16.6. The van der Waals surface area contributed by atoms with Crippen LogP contribution < -0.4 is 0 Å². The minimum Gasteiger partial charge on any atom is -0.462 e. The van der Waals surface area contributed by atoms with E-state index in [2.05, 4.69) is 69.4 Å². The summed E-state index contributed by atoms with van der Waals surface area (Å²) in [5.74, 6) is -1.03. The lowest BCUT2D eigenvalue weighted by atomic mass is 10.0. The van der Waals surface area contributed by atoms with E-state index < -0.39 is 12.1 Å². The molecule has 0 fully saturated rings. The van der Waals surface area contributed by atoms with E-state index in [1.54, 1.807) is 6.08 Å². The Balaban J connectivity index is 4.41. The van der Waals surface area contributed by atoms with E-state index in [0.29, 0.717) is 12.8 Å². The summed E-state index contributed by atoms with van der Waals surface area (Å²) in [6.45, 7) is 6.44. The first-order valence-electron chi connectivity index (χ1n) is 25.8. The Bertz CT molecular complexity index is 1120. The first-order valence-corrected chi connectivity index (χ1v) is 25.8. The molecule has 0 amide bonds. The fourth-order valence-corrected chi connectivity index (χ4v) is 7.22. The van der Waals surface area contributed by atoms with Gasteiger partial charge in [0.1, 0.15) is 13.2 Å². The molecule has 0 aromatic carbocycles. The van der Waals surface area contributed by atoms with Crippen molar-refractivity contribution in [3.8, 4) is 0 Å². The molecule has 0 aromatic heterocycles. The topological polar surface area (TPSA) is 78.9 Å². The average molecular weight is 853 g/mol. The van der Waals surface area contributed by atoms with Gasteiger partial charge < -0.3 is 14.2 Å². The van der Waals surface area contributed by atoms with E-state index in [1.165, 1.54) is 141 Å². The van der Waals surface area contributed by atoms with Gasteiger partial charge in [-0.2, -0.15) is 0 Å². The lowest BCUT2D eigenvalue weighted by Crippen LogP contribution is -2.30. The summed E-state index contributed by atoms with van der Waals surface area (Å²) < 4.78 is 16.7. The number of carbonyl (C=O) groups is 3. The van der Waals surface area contributed by atoms with Crippen LogP contribution in [0.5, 0.6) is 0 Å². The molecule has 0 aliphatic heterocycles. The van der Waals surface area contributed by atoms with Gasteiger partial charge in [0.2, 0.25) is 0 Å². The number of carbonyl (C=O) groups excluding carboxylic acids is 3. The Kier molecular flexibility index (Phi) is 47.4. The Morgan fingerprint density at radius 3 is 0.934 bits per heavy atom. The maximum atomic E-state index is 12.7. The molecule has 6 heteroatoms. The third kappa shape index (κ3) is 48.0. The maximum absolute atomic E-state index is 12.7. The Labute approximate surface area is 377 Å². The van der Waals surface area contributed by atoms with Crippen molar-refractivity contribution in [1.29, 1.82) is 0 Å². The minimum atomic E-state index is -0.823. The molecule has 0 rings (SSSR count). The summed E-state index contributed by atoms with van der Waals surface area (Å²) in [5.41, 5.74) is 0. The largest absolute Gasteiger partial charge is 0.462 e. The van der Waals surface area contributed by atoms with Crippen LogP contribution in [-0.2, 0) is 28.6 Å². The molecule has 6 nitrogen and oxygen atoms in total. The highest BCUT2D eigenvalue weighted by molar-refractivity contribution is 5.72. The van der Waals surface area contributed by atoms with Crippen molar-refractivity contribution in [1.82, 2.24) is 0 Å². The third-order valence-electron chi connectivity index (χ3n) is 11.1. The molecule has 1 atom stereocenters. The fourth-order valence-electron chi connectivity index (χ4n) is 7.22. The van der Waals surface area contributed by atoms with E-state index in [9.17, 15) is 14.4 Å². The molecule has 61 heavy (non-hydrogen) atoms. The second kappa shape index (κ2) is 49.8. The van der Waals surface area contributed by atoms with Gasteiger partial charge in [0.15, 0.2) is 6.10 Å². The zero-order valence-corrected chi connectivity index (χ0v) is 40.2. The molecular weight excluding hydrogens is 757 g/mol. The number of rotatable bonds is 46. The number of allylic oxidation sites excluding steroid dienone is 9. The monoisotopic (exact) mass is 853 g/mol. The molecule has 0 heterocycles. The average Bonchev–Trinajstić information content (AvgIpc) is 3.26. The van der Waals surface area contributed by atoms with Crippen molar-refractivity contribution in [2.24, 2.45) is 0 Å². The van der Waals surface area contributed by atoms with Gasteiger partial charge >= 0.3 is 17.9 Å². The molecule has 0 saturated heterocycles. The summed E-state index contributed by atoms with van der Waals surface area (Å²) in [5, 5.41) is 0. The molecule has 0 N–H and O–H groups in total. The lowest BCUT2D eigenvalue weighted by molar-refractivity contribution is -0.166. The van der Waals surface area contributed by atoms with Gasteiger partial charge in [-0.3, -0.25) is 14.4 Å². The summed E-state index contributed by atoms with van der Waals surface area (Å²) in [6, 6.07) is 0. The van der Waals surface area contributed by atoms with Crippen molar-refractivity contribution in [2.45, 2.75) is 258 Å². The maximum Gasteiger partial charge on any atom is 0.310 e. The van der Waals surface area contributed by atoms with Crippen LogP contribution in [0.2, 0.25) is 0 Å². The van der Waals surface area contributed by atoms with Crippen LogP contribution >= 0.6 is 0 Å². The minimum absolute atomic E-state index is 0.101. The molecule has 1 unspecified atom stereocenters. The van der Waals surface area contributed by atoms with Crippen LogP contribution in [0.4, 0.5) is 0 Å². The standard InChI is InChI=1S/C55H96O6/c1-4-7-10-13-16-19-22-24-26-27-28-30-31-33-36-39-42-45-48-54(57)60-51-52(50-59-53(56)47-44-41-38-35-21-18-15-12-9-6-3)61-55(58)49-46-43-40-37-34-32-29-25-23-20-17-14-11-8-5-2/h8,11,17,20,25,29,34,37,43,46,52H,4-7,9-10,12-16,18-19,21-24,26-28,30-33,35-36,38-42,44-45,47-51H2,1-3H3/b11-8-,20-17-,29-25-,37-34-,46-43-.